The first kappa shape index (κ1) is 21.2. The maximum absolute atomic E-state index is 12.6. The van der Waals surface area contributed by atoms with E-state index in [4.69, 9.17) is 23.2 Å². The van der Waals surface area contributed by atoms with Crippen molar-refractivity contribution in [2.45, 2.75) is 13.3 Å². The number of amides is 3. The predicted molar refractivity (Wildman–Crippen MR) is 118 cm³/mol. The fourth-order valence-electron chi connectivity index (χ4n) is 3.10. The van der Waals surface area contributed by atoms with Gasteiger partial charge in [0.2, 0.25) is 5.91 Å². The van der Waals surface area contributed by atoms with Gasteiger partial charge in [0.1, 0.15) is 0 Å². The highest BCUT2D eigenvalue weighted by molar-refractivity contribution is 6.31. The van der Waals surface area contributed by atoms with E-state index in [1.165, 1.54) is 0 Å². The normalized spacial score (nSPS) is 14.7. The second-order valence-electron chi connectivity index (χ2n) is 6.95. The van der Waals surface area contributed by atoms with Gasteiger partial charge in [-0.1, -0.05) is 41.4 Å². The van der Waals surface area contributed by atoms with Crippen molar-refractivity contribution in [3.63, 3.8) is 0 Å². The minimum Gasteiger partial charge on any atom is -0.337 e. The van der Waals surface area contributed by atoms with E-state index < -0.39 is 0 Å². The van der Waals surface area contributed by atoms with Crippen LogP contribution in [0.1, 0.15) is 17.5 Å². The van der Waals surface area contributed by atoms with E-state index in [1.807, 2.05) is 25.1 Å². The molecule has 3 rings (SSSR count). The number of nitrogens with one attached hydrogen (secondary N) is 1. The standard InChI is InChI=1S/C22H23Cl2N3O2/c1-16-6-7-17(14-20(16)24)8-9-21(28)26-10-3-11-27(13-12-26)22(29)25-19-5-2-4-18(23)15-19/h2,4-9,14-15H,3,10-13H2,1H3,(H,25,29)/b9-8+. The number of anilines is 1. The van der Waals surface area contributed by atoms with Crippen molar-refractivity contribution in [1.29, 1.82) is 0 Å². The Morgan fingerprint density at radius 3 is 2.52 bits per heavy atom. The first-order valence-corrected chi connectivity index (χ1v) is 10.2. The number of carbonyl (C=O) groups is 2. The Bertz CT molecular complexity index is 930. The molecule has 1 heterocycles. The fourth-order valence-corrected chi connectivity index (χ4v) is 3.47. The molecule has 2 aromatic rings. The molecule has 1 saturated heterocycles. The maximum Gasteiger partial charge on any atom is 0.321 e. The summed E-state index contributed by atoms with van der Waals surface area (Å²) in [5.41, 5.74) is 2.53. The molecular weight excluding hydrogens is 409 g/mol. The molecule has 5 nitrogen and oxygen atoms in total. The molecule has 1 fully saturated rings. The Morgan fingerprint density at radius 2 is 1.76 bits per heavy atom. The number of nitrogens with zero attached hydrogens (tertiary/aromatic N) is 2. The molecule has 0 aromatic heterocycles. The summed E-state index contributed by atoms with van der Waals surface area (Å²) in [5, 5.41) is 4.10. The van der Waals surface area contributed by atoms with E-state index in [-0.39, 0.29) is 11.9 Å². The van der Waals surface area contributed by atoms with Crippen molar-refractivity contribution in [1.82, 2.24) is 9.80 Å². The molecule has 0 saturated carbocycles. The molecular formula is C22H23Cl2N3O2. The summed E-state index contributed by atoms with van der Waals surface area (Å²) < 4.78 is 0. The Hall–Kier alpha value is -2.50. The summed E-state index contributed by atoms with van der Waals surface area (Å²) in [6, 6.07) is 12.5. The first-order valence-electron chi connectivity index (χ1n) is 9.47. The van der Waals surface area contributed by atoms with Crippen LogP contribution in [0.15, 0.2) is 48.5 Å². The molecule has 0 bridgehead atoms. The second-order valence-corrected chi connectivity index (χ2v) is 7.79. The molecule has 1 N–H and O–H groups in total. The van der Waals surface area contributed by atoms with Crippen molar-refractivity contribution in [3.05, 3.63) is 69.7 Å². The lowest BCUT2D eigenvalue weighted by molar-refractivity contribution is -0.125. The molecule has 1 aliphatic rings. The molecule has 0 aliphatic carbocycles. The number of aryl methyl sites for hydroxylation is 1. The van der Waals surface area contributed by atoms with E-state index in [1.54, 1.807) is 46.2 Å². The summed E-state index contributed by atoms with van der Waals surface area (Å²) in [7, 11) is 0. The first-order chi connectivity index (χ1) is 13.9. The number of rotatable bonds is 3. The highest BCUT2D eigenvalue weighted by Gasteiger charge is 2.21. The van der Waals surface area contributed by atoms with E-state index >= 15 is 0 Å². The van der Waals surface area contributed by atoms with Crippen LogP contribution in [0.5, 0.6) is 0 Å². The average Bonchev–Trinajstić information content (AvgIpc) is 2.95. The molecule has 7 heteroatoms. The lowest BCUT2D eigenvalue weighted by atomic mass is 10.1. The zero-order valence-electron chi connectivity index (χ0n) is 16.2. The third-order valence-corrected chi connectivity index (χ3v) is 5.43. The molecule has 0 atom stereocenters. The molecule has 152 valence electrons. The summed E-state index contributed by atoms with van der Waals surface area (Å²) in [6.45, 7) is 4.10. The van der Waals surface area contributed by atoms with Gasteiger partial charge in [-0.2, -0.15) is 0 Å². The minimum absolute atomic E-state index is 0.0706. The van der Waals surface area contributed by atoms with Crippen molar-refractivity contribution in [2.24, 2.45) is 0 Å². The Kier molecular flexibility index (Phi) is 7.18. The van der Waals surface area contributed by atoms with Gasteiger partial charge in [-0.15, -0.1) is 0 Å². The van der Waals surface area contributed by atoms with Crippen LogP contribution in [0.25, 0.3) is 6.08 Å². The smallest absolute Gasteiger partial charge is 0.321 e. The van der Waals surface area contributed by atoms with Crippen LogP contribution in [0.4, 0.5) is 10.5 Å². The number of hydrogen-bond acceptors (Lipinski definition) is 2. The topological polar surface area (TPSA) is 52.7 Å². The van der Waals surface area contributed by atoms with E-state index in [0.717, 1.165) is 17.5 Å². The van der Waals surface area contributed by atoms with Crippen molar-refractivity contribution < 1.29 is 9.59 Å². The Morgan fingerprint density at radius 1 is 1.00 bits per heavy atom. The fraction of sp³-hybridized carbons (Fsp3) is 0.273. The van der Waals surface area contributed by atoms with Gasteiger partial charge in [-0.3, -0.25) is 4.79 Å². The Labute approximate surface area is 180 Å². The van der Waals surface area contributed by atoms with Gasteiger partial charge in [0.15, 0.2) is 0 Å². The summed E-state index contributed by atoms with van der Waals surface area (Å²) in [6.07, 6.45) is 4.05. The zero-order valence-corrected chi connectivity index (χ0v) is 17.7. The molecule has 1 aliphatic heterocycles. The monoisotopic (exact) mass is 431 g/mol. The molecule has 2 aromatic carbocycles. The molecule has 0 radical (unpaired) electrons. The largest absolute Gasteiger partial charge is 0.337 e. The molecule has 0 spiro atoms. The Balaban J connectivity index is 1.55. The second kappa shape index (κ2) is 9.81. The third kappa shape index (κ3) is 5.99. The maximum atomic E-state index is 12.6. The minimum atomic E-state index is -0.189. The lowest BCUT2D eigenvalue weighted by Crippen LogP contribution is -2.39. The van der Waals surface area contributed by atoms with Gasteiger partial charge in [0.25, 0.3) is 0 Å². The van der Waals surface area contributed by atoms with Gasteiger partial charge < -0.3 is 15.1 Å². The number of hydrogen-bond donors (Lipinski definition) is 1. The molecule has 29 heavy (non-hydrogen) atoms. The molecule has 3 amide bonds. The van der Waals surface area contributed by atoms with Crippen LogP contribution in [0, 0.1) is 6.92 Å². The van der Waals surface area contributed by atoms with E-state index in [2.05, 4.69) is 5.32 Å². The van der Waals surface area contributed by atoms with Crippen LogP contribution in [0.2, 0.25) is 10.0 Å². The summed E-state index contributed by atoms with van der Waals surface area (Å²) in [4.78, 5) is 28.6. The number of carbonyl (C=O) groups excluding carboxylic acids is 2. The third-order valence-electron chi connectivity index (χ3n) is 4.78. The number of halogens is 2. The highest BCUT2D eigenvalue weighted by Crippen LogP contribution is 2.18. The summed E-state index contributed by atoms with van der Waals surface area (Å²) in [5.74, 6) is -0.0706. The van der Waals surface area contributed by atoms with Gasteiger partial charge in [-0.25, -0.2) is 4.79 Å². The SMILES string of the molecule is Cc1ccc(/C=C/C(=O)N2CCCN(C(=O)Nc3cccc(Cl)c3)CC2)cc1Cl. The van der Waals surface area contributed by atoms with E-state index in [0.29, 0.717) is 41.9 Å². The quantitative estimate of drug-likeness (QED) is 0.688. The van der Waals surface area contributed by atoms with Crippen molar-refractivity contribution in [3.8, 4) is 0 Å². The lowest BCUT2D eigenvalue weighted by Gasteiger charge is -2.22. The average molecular weight is 432 g/mol. The van der Waals surface area contributed by atoms with E-state index in [9.17, 15) is 9.59 Å². The number of urea groups is 1. The van der Waals surface area contributed by atoms with Crippen LogP contribution >= 0.6 is 23.2 Å². The highest BCUT2D eigenvalue weighted by atomic mass is 35.5. The molecule has 0 unspecified atom stereocenters. The van der Waals surface area contributed by atoms with Gasteiger partial charge >= 0.3 is 6.03 Å². The van der Waals surface area contributed by atoms with Crippen molar-refractivity contribution >= 4 is 46.9 Å². The zero-order chi connectivity index (χ0) is 20.8. The van der Waals surface area contributed by atoms with Crippen LogP contribution < -0.4 is 5.32 Å². The summed E-state index contributed by atoms with van der Waals surface area (Å²) >= 11 is 12.1. The number of benzene rings is 2. The van der Waals surface area contributed by atoms with Gasteiger partial charge in [0.05, 0.1) is 0 Å². The predicted octanol–water partition coefficient (Wildman–Crippen LogP) is 5.08. The van der Waals surface area contributed by atoms with Crippen LogP contribution in [0.3, 0.4) is 0 Å². The van der Waals surface area contributed by atoms with Crippen LogP contribution in [-0.2, 0) is 4.79 Å². The van der Waals surface area contributed by atoms with Gasteiger partial charge in [-0.05, 0) is 54.8 Å². The van der Waals surface area contributed by atoms with Crippen LogP contribution in [-0.4, -0.2) is 47.9 Å². The van der Waals surface area contributed by atoms with Crippen molar-refractivity contribution in [2.75, 3.05) is 31.5 Å². The van der Waals surface area contributed by atoms with Gasteiger partial charge in [0, 0.05) is 48.0 Å².